The molecular formula is C20H19N3O2S. The van der Waals surface area contributed by atoms with Gasteiger partial charge in [-0.25, -0.2) is 4.98 Å². The molecule has 26 heavy (non-hydrogen) atoms. The molecule has 1 aromatic carbocycles. The Morgan fingerprint density at radius 2 is 2.04 bits per heavy atom. The Kier molecular flexibility index (Phi) is 4.12. The molecule has 0 radical (unpaired) electrons. The molecule has 1 N–H and O–H groups in total. The molecule has 4 rings (SSSR count). The molecule has 3 aromatic heterocycles. The number of furan rings is 1. The van der Waals surface area contributed by atoms with E-state index < -0.39 is 0 Å². The summed E-state index contributed by atoms with van der Waals surface area (Å²) in [5.74, 6) is -0.182. The summed E-state index contributed by atoms with van der Waals surface area (Å²) in [7, 11) is 0. The minimum absolute atomic E-state index is 0.182. The molecule has 0 atom stereocenters. The van der Waals surface area contributed by atoms with Gasteiger partial charge in [0, 0.05) is 23.6 Å². The van der Waals surface area contributed by atoms with Crippen LogP contribution in [0.15, 0.2) is 47.1 Å². The Morgan fingerprint density at radius 1 is 1.23 bits per heavy atom. The first kappa shape index (κ1) is 16.6. The lowest BCUT2D eigenvalue weighted by Gasteiger charge is -2.11. The van der Waals surface area contributed by atoms with Gasteiger partial charge in [0.1, 0.15) is 5.69 Å². The third-order valence-corrected chi connectivity index (χ3v) is 5.58. The number of anilines is 1. The number of fused-ring (bicyclic) bond motifs is 1. The van der Waals surface area contributed by atoms with Crippen LogP contribution in [0.3, 0.4) is 0 Å². The summed E-state index contributed by atoms with van der Waals surface area (Å²) >= 11 is 1.48. The lowest BCUT2D eigenvalue weighted by molar-refractivity contribution is 0.101. The average Bonchev–Trinajstić information content (AvgIpc) is 3.26. The smallest absolute Gasteiger partial charge is 0.274 e. The highest BCUT2D eigenvalue weighted by Gasteiger charge is 2.19. The molecule has 0 aliphatic rings. The zero-order chi connectivity index (χ0) is 18.3. The third-order valence-electron chi connectivity index (χ3n) is 4.59. The highest BCUT2D eigenvalue weighted by Crippen LogP contribution is 2.26. The largest absolute Gasteiger partial charge is 0.463 e. The van der Waals surface area contributed by atoms with E-state index in [-0.39, 0.29) is 5.91 Å². The molecule has 0 unspecified atom stereocenters. The van der Waals surface area contributed by atoms with Gasteiger partial charge in [-0.3, -0.25) is 10.1 Å². The number of carbonyl (C=O) groups is 1. The van der Waals surface area contributed by atoms with Gasteiger partial charge in [0.05, 0.1) is 17.5 Å². The molecule has 1 amide bonds. The van der Waals surface area contributed by atoms with Crippen LogP contribution in [-0.2, 0) is 6.54 Å². The van der Waals surface area contributed by atoms with Crippen LogP contribution < -0.4 is 5.32 Å². The molecule has 0 fully saturated rings. The van der Waals surface area contributed by atoms with Crippen LogP contribution in [-0.4, -0.2) is 15.5 Å². The number of benzene rings is 1. The molecule has 0 aliphatic heterocycles. The van der Waals surface area contributed by atoms with Crippen LogP contribution in [0.25, 0.3) is 11.1 Å². The van der Waals surface area contributed by atoms with E-state index in [1.54, 1.807) is 12.3 Å². The van der Waals surface area contributed by atoms with E-state index in [0.717, 1.165) is 16.1 Å². The number of thiazole rings is 1. The van der Waals surface area contributed by atoms with Crippen LogP contribution in [0.2, 0.25) is 0 Å². The molecule has 0 aliphatic carbocycles. The van der Waals surface area contributed by atoms with E-state index in [4.69, 9.17) is 4.42 Å². The minimum atomic E-state index is -0.182. The van der Waals surface area contributed by atoms with E-state index in [9.17, 15) is 4.79 Å². The van der Waals surface area contributed by atoms with E-state index in [2.05, 4.69) is 29.4 Å². The number of hydrogen-bond donors (Lipinski definition) is 1. The van der Waals surface area contributed by atoms with E-state index in [1.807, 2.05) is 36.6 Å². The van der Waals surface area contributed by atoms with Crippen molar-refractivity contribution in [2.75, 3.05) is 5.32 Å². The fourth-order valence-electron chi connectivity index (χ4n) is 2.98. The second-order valence-electron chi connectivity index (χ2n) is 6.33. The Hall–Kier alpha value is -2.86. The lowest BCUT2D eigenvalue weighted by atomic mass is 10.1. The summed E-state index contributed by atoms with van der Waals surface area (Å²) in [6.45, 7) is 6.62. The highest BCUT2D eigenvalue weighted by molar-refractivity contribution is 7.15. The normalized spacial score (nSPS) is 11.2. The van der Waals surface area contributed by atoms with Crippen LogP contribution >= 0.6 is 11.3 Å². The van der Waals surface area contributed by atoms with E-state index in [1.165, 1.54) is 22.5 Å². The maximum atomic E-state index is 12.9. The number of amides is 1. The summed E-state index contributed by atoms with van der Waals surface area (Å²) in [5, 5.41) is 3.53. The number of carbonyl (C=O) groups excluding carboxylic acids is 1. The van der Waals surface area contributed by atoms with Gasteiger partial charge in [-0.15, -0.1) is 11.3 Å². The first-order valence-electron chi connectivity index (χ1n) is 8.39. The molecule has 0 saturated carbocycles. The molecule has 6 heteroatoms. The molecule has 0 spiro atoms. The van der Waals surface area contributed by atoms with Gasteiger partial charge in [-0.05, 0) is 31.9 Å². The summed E-state index contributed by atoms with van der Waals surface area (Å²) in [5.41, 5.74) is 5.47. The number of nitrogens with zero attached hydrogens (tertiary/aromatic N) is 2. The van der Waals surface area contributed by atoms with Crippen LogP contribution in [0, 0.1) is 20.8 Å². The average molecular weight is 365 g/mol. The van der Waals surface area contributed by atoms with Gasteiger partial charge in [0.2, 0.25) is 0 Å². The van der Waals surface area contributed by atoms with Gasteiger partial charge in [-0.2, -0.15) is 0 Å². The maximum Gasteiger partial charge on any atom is 0.274 e. The predicted octanol–water partition coefficient (Wildman–Crippen LogP) is 4.92. The van der Waals surface area contributed by atoms with Crippen molar-refractivity contribution < 1.29 is 9.21 Å². The Balaban J connectivity index is 1.71. The standard InChI is InChI=1S/C20H19N3O2S/c1-12-6-4-5-7-15(12)11-23-16-8-9-25-18(16)10-17(23)19(24)22-20-21-13(2)14(3)26-20/h4-10H,11H2,1-3H3,(H,21,22,24). The van der Waals surface area contributed by atoms with Crippen molar-refractivity contribution in [3.8, 4) is 0 Å². The van der Waals surface area contributed by atoms with Crippen molar-refractivity contribution in [2.24, 2.45) is 0 Å². The van der Waals surface area contributed by atoms with Gasteiger partial charge in [0.25, 0.3) is 5.91 Å². The number of hydrogen-bond acceptors (Lipinski definition) is 4. The number of rotatable bonds is 4. The summed E-state index contributed by atoms with van der Waals surface area (Å²) in [6, 6.07) is 11.9. The van der Waals surface area contributed by atoms with Gasteiger partial charge >= 0.3 is 0 Å². The second kappa shape index (κ2) is 6.46. The Morgan fingerprint density at radius 3 is 2.77 bits per heavy atom. The Bertz CT molecular complexity index is 1080. The quantitative estimate of drug-likeness (QED) is 0.558. The molecule has 0 bridgehead atoms. The summed E-state index contributed by atoms with van der Waals surface area (Å²) in [6.07, 6.45) is 1.65. The first-order chi connectivity index (χ1) is 12.5. The number of aryl methyl sites for hydroxylation is 3. The van der Waals surface area contributed by atoms with Gasteiger partial charge in [-0.1, -0.05) is 24.3 Å². The van der Waals surface area contributed by atoms with E-state index in [0.29, 0.717) is 23.0 Å². The molecular weight excluding hydrogens is 346 g/mol. The summed E-state index contributed by atoms with van der Waals surface area (Å²) in [4.78, 5) is 18.4. The lowest BCUT2D eigenvalue weighted by Crippen LogP contribution is -2.17. The van der Waals surface area contributed by atoms with E-state index >= 15 is 0 Å². The predicted molar refractivity (Wildman–Crippen MR) is 104 cm³/mol. The molecule has 132 valence electrons. The minimum Gasteiger partial charge on any atom is -0.463 e. The van der Waals surface area contributed by atoms with Gasteiger partial charge < -0.3 is 8.98 Å². The van der Waals surface area contributed by atoms with Crippen molar-refractivity contribution >= 4 is 33.5 Å². The Labute approximate surface area is 155 Å². The third kappa shape index (κ3) is 2.93. The fourth-order valence-corrected chi connectivity index (χ4v) is 3.79. The second-order valence-corrected chi connectivity index (χ2v) is 7.53. The van der Waals surface area contributed by atoms with Crippen molar-refractivity contribution in [2.45, 2.75) is 27.3 Å². The van der Waals surface area contributed by atoms with Crippen LogP contribution in [0.5, 0.6) is 0 Å². The number of nitrogens with one attached hydrogen (secondary N) is 1. The zero-order valence-electron chi connectivity index (χ0n) is 14.9. The first-order valence-corrected chi connectivity index (χ1v) is 9.21. The van der Waals surface area contributed by atoms with Gasteiger partial charge in [0.15, 0.2) is 10.7 Å². The zero-order valence-corrected chi connectivity index (χ0v) is 15.7. The molecule has 0 saturated heterocycles. The summed E-state index contributed by atoms with van der Waals surface area (Å²) < 4.78 is 7.51. The monoisotopic (exact) mass is 365 g/mol. The van der Waals surface area contributed by atoms with Crippen molar-refractivity contribution in [1.82, 2.24) is 9.55 Å². The van der Waals surface area contributed by atoms with Crippen LogP contribution in [0.1, 0.15) is 32.2 Å². The van der Waals surface area contributed by atoms with Crippen molar-refractivity contribution in [3.63, 3.8) is 0 Å². The fraction of sp³-hybridized carbons (Fsp3) is 0.200. The van der Waals surface area contributed by atoms with Crippen molar-refractivity contribution in [3.05, 3.63) is 70.1 Å². The maximum absolute atomic E-state index is 12.9. The molecule has 3 heterocycles. The SMILES string of the molecule is Cc1ccccc1Cn1c(C(=O)Nc2nc(C)c(C)s2)cc2occc21. The van der Waals surface area contributed by atoms with Crippen molar-refractivity contribution in [1.29, 1.82) is 0 Å². The van der Waals surface area contributed by atoms with Crippen LogP contribution in [0.4, 0.5) is 5.13 Å². The highest BCUT2D eigenvalue weighted by atomic mass is 32.1. The topological polar surface area (TPSA) is 60.1 Å². The molecule has 5 nitrogen and oxygen atoms in total. The number of aromatic nitrogens is 2. The molecule has 4 aromatic rings.